The van der Waals surface area contributed by atoms with Gasteiger partial charge >= 0.3 is 0 Å². The van der Waals surface area contributed by atoms with E-state index in [1.807, 2.05) is 0 Å². The topological polar surface area (TPSA) is 41.5 Å². The van der Waals surface area contributed by atoms with E-state index in [9.17, 15) is 0 Å². The predicted molar refractivity (Wildman–Crippen MR) is 57.3 cm³/mol. The Bertz CT molecular complexity index is 148. The van der Waals surface area contributed by atoms with Crippen molar-refractivity contribution >= 4 is 0 Å². The highest BCUT2D eigenvalue weighted by Crippen LogP contribution is 2.34. The summed E-state index contributed by atoms with van der Waals surface area (Å²) in [6, 6.07) is 1.01. The molecule has 84 valence electrons. The van der Waals surface area contributed by atoms with E-state index < -0.39 is 0 Å². The number of rotatable bonds is 8. The van der Waals surface area contributed by atoms with Gasteiger partial charge in [0, 0.05) is 32.4 Å². The lowest BCUT2D eigenvalue weighted by molar-refractivity contribution is 0.178. The van der Waals surface area contributed by atoms with Crippen LogP contribution in [0.2, 0.25) is 0 Å². The maximum Gasteiger partial charge on any atom is 0.0476 e. The molecule has 0 aromatic carbocycles. The quantitative estimate of drug-likeness (QED) is 0.619. The van der Waals surface area contributed by atoms with Crippen LogP contribution in [0, 0.1) is 5.92 Å². The summed E-state index contributed by atoms with van der Waals surface area (Å²) in [6.45, 7) is 3.29. The average molecular weight is 201 g/mol. The molecule has 0 saturated heterocycles. The van der Waals surface area contributed by atoms with E-state index in [0.29, 0.717) is 18.7 Å². The summed E-state index contributed by atoms with van der Waals surface area (Å²) in [4.78, 5) is 0. The number of nitrogens with one attached hydrogen (secondary N) is 1. The highest BCUT2D eigenvalue weighted by molar-refractivity contribution is 4.87. The number of aliphatic hydroxyl groups is 1. The lowest BCUT2D eigenvalue weighted by Crippen LogP contribution is -2.39. The van der Waals surface area contributed by atoms with Gasteiger partial charge in [-0.15, -0.1) is 0 Å². The molecular formula is C11H23NO2. The number of ether oxygens (including phenoxy) is 1. The van der Waals surface area contributed by atoms with Crippen molar-refractivity contribution < 1.29 is 9.84 Å². The smallest absolute Gasteiger partial charge is 0.0476 e. The van der Waals surface area contributed by atoms with Crippen LogP contribution in [0.15, 0.2) is 0 Å². The normalized spacial score (nSPS) is 20.8. The number of hydrogen-bond donors (Lipinski definition) is 2. The van der Waals surface area contributed by atoms with Crippen molar-refractivity contribution in [1.29, 1.82) is 0 Å². The second-order valence-corrected chi connectivity index (χ2v) is 4.31. The molecule has 0 heterocycles. The maximum atomic E-state index is 8.94. The van der Waals surface area contributed by atoms with E-state index in [2.05, 4.69) is 12.2 Å². The summed E-state index contributed by atoms with van der Waals surface area (Å²) in [6.07, 6.45) is 4.59. The van der Waals surface area contributed by atoms with Crippen molar-refractivity contribution in [2.24, 2.45) is 5.92 Å². The lowest BCUT2D eigenvalue weighted by Gasteiger charge is -2.22. The summed E-state index contributed by atoms with van der Waals surface area (Å²) in [7, 11) is 1.73. The Morgan fingerprint density at radius 3 is 2.64 bits per heavy atom. The van der Waals surface area contributed by atoms with Crippen molar-refractivity contribution in [3.63, 3.8) is 0 Å². The molecule has 1 aliphatic rings. The van der Waals surface area contributed by atoms with Gasteiger partial charge in [-0.2, -0.15) is 0 Å². The zero-order valence-corrected chi connectivity index (χ0v) is 9.33. The molecule has 0 aromatic rings. The van der Waals surface area contributed by atoms with Crippen molar-refractivity contribution in [3.8, 4) is 0 Å². The molecule has 2 unspecified atom stereocenters. The molecule has 1 fully saturated rings. The third-order valence-electron chi connectivity index (χ3n) is 2.88. The Balaban J connectivity index is 2.16. The van der Waals surface area contributed by atoms with Crippen LogP contribution in [0.1, 0.15) is 32.6 Å². The maximum absolute atomic E-state index is 8.94. The summed E-state index contributed by atoms with van der Waals surface area (Å²) in [5.74, 6) is 0.812. The average Bonchev–Trinajstić information content (AvgIpc) is 2.97. The predicted octanol–water partition coefficient (Wildman–Crippen LogP) is 1.16. The molecule has 0 aliphatic heterocycles. The fourth-order valence-electron chi connectivity index (χ4n) is 1.84. The molecule has 14 heavy (non-hydrogen) atoms. The van der Waals surface area contributed by atoms with Crippen LogP contribution in [0.25, 0.3) is 0 Å². The van der Waals surface area contributed by atoms with E-state index >= 15 is 0 Å². The molecule has 0 aromatic heterocycles. The fraction of sp³-hybridized carbons (Fsp3) is 1.00. The molecule has 1 rings (SSSR count). The van der Waals surface area contributed by atoms with Gasteiger partial charge in [-0.05, 0) is 38.5 Å². The largest absolute Gasteiger partial charge is 0.396 e. The van der Waals surface area contributed by atoms with Crippen molar-refractivity contribution in [1.82, 2.24) is 5.32 Å². The number of hydrogen-bond acceptors (Lipinski definition) is 3. The second kappa shape index (κ2) is 6.38. The minimum atomic E-state index is 0.297. The SMILES string of the molecule is COCCC(C)NC(CCO)C1CC1. The lowest BCUT2D eigenvalue weighted by atomic mass is 10.1. The minimum absolute atomic E-state index is 0.297. The van der Waals surface area contributed by atoms with Gasteiger partial charge in [-0.25, -0.2) is 0 Å². The van der Waals surface area contributed by atoms with Gasteiger partial charge in [0.25, 0.3) is 0 Å². The first kappa shape index (κ1) is 12.0. The highest BCUT2D eigenvalue weighted by atomic mass is 16.5. The minimum Gasteiger partial charge on any atom is -0.396 e. The standard InChI is InChI=1S/C11H23NO2/c1-9(6-8-14-2)12-11(5-7-13)10-3-4-10/h9-13H,3-8H2,1-2H3. The van der Waals surface area contributed by atoms with Crippen LogP contribution < -0.4 is 5.32 Å². The molecule has 0 amide bonds. The van der Waals surface area contributed by atoms with Crippen LogP contribution in [0.4, 0.5) is 0 Å². The molecule has 2 N–H and O–H groups in total. The van der Waals surface area contributed by atoms with Gasteiger partial charge in [-0.3, -0.25) is 0 Å². The van der Waals surface area contributed by atoms with Gasteiger partial charge in [0.2, 0.25) is 0 Å². The van der Waals surface area contributed by atoms with Crippen LogP contribution in [0.3, 0.4) is 0 Å². The van der Waals surface area contributed by atoms with Gasteiger partial charge in [0.15, 0.2) is 0 Å². The van der Waals surface area contributed by atoms with Gasteiger partial charge < -0.3 is 15.2 Å². The van der Waals surface area contributed by atoms with Crippen LogP contribution >= 0.6 is 0 Å². The van der Waals surface area contributed by atoms with Crippen LogP contribution in [-0.4, -0.2) is 37.5 Å². The zero-order valence-electron chi connectivity index (χ0n) is 9.33. The Hall–Kier alpha value is -0.120. The van der Waals surface area contributed by atoms with Crippen LogP contribution in [0.5, 0.6) is 0 Å². The Labute approximate surface area is 86.8 Å². The summed E-state index contributed by atoms with van der Waals surface area (Å²) < 4.78 is 5.04. The first-order chi connectivity index (χ1) is 6.77. The highest BCUT2D eigenvalue weighted by Gasteiger charge is 2.31. The van der Waals surface area contributed by atoms with E-state index in [1.54, 1.807) is 7.11 Å². The first-order valence-electron chi connectivity index (χ1n) is 5.63. The third kappa shape index (κ3) is 4.40. The summed E-state index contributed by atoms with van der Waals surface area (Å²) in [5.41, 5.74) is 0. The van der Waals surface area contributed by atoms with Crippen molar-refractivity contribution in [2.75, 3.05) is 20.3 Å². The van der Waals surface area contributed by atoms with Gasteiger partial charge in [-0.1, -0.05) is 0 Å². The zero-order chi connectivity index (χ0) is 10.4. The molecule has 0 spiro atoms. The van der Waals surface area contributed by atoms with Gasteiger partial charge in [0.1, 0.15) is 0 Å². The van der Waals surface area contributed by atoms with Crippen LogP contribution in [-0.2, 0) is 4.74 Å². The first-order valence-corrected chi connectivity index (χ1v) is 5.63. The Morgan fingerprint density at radius 2 is 2.14 bits per heavy atom. The monoisotopic (exact) mass is 201 g/mol. The summed E-state index contributed by atoms with van der Waals surface area (Å²) in [5, 5.41) is 12.5. The molecule has 2 atom stereocenters. The summed E-state index contributed by atoms with van der Waals surface area (Å²) >= 11 is 0. The van der Waals surface area contributed by atoms with Gasteiger partial charge in [0.05, 0.1) is 0 Å². The van der Waals surface area contributed by atoms with Crippen molar-refractivity contribution in [3.05, 3.63) is 0 Å². The second-order valence-electron chi connectivity index (χ2n) is 4.31. The van der Waals surface area contributed by atoms with E-state index in [-0.39, 0.29) is 0 Å². The van der Waals surface area contributed by atoms with E-state index in [1.165, 1.54) is 12.8 Å². The molecule has 0 radical (unpaired) electrons. The van der Waals surface area contributed by atoms with E-state index in [0.717, 1.165) is 25.4 Å². The number of aliphatic hydroxyl groups excluding tert-OH is 1. The number of methoxy groups -OCH3 is 1. The Kier molecular flexibility index (Phi) is 5.45. The molecule has 1 saturated carbocycles. The molecule has 1 aliphatic carbocycles. The van der Waals surface area contributed by atoms with Crippen molar-refractivity contribution in [2.45, 2.75) is 44.7 Å². The fourth-order valence-corrected chi connectivity index (χ4v) is 1.84. The molecule has 3 heteroatoms. The molecular weight excluding hydrogens is 178 g/mol. The third-order valence-corrected chi connectivity index (χ3v) is 2.88. The Morgan fingerprint density at radius 1 is 1.43 bits per heavy atom. The molecule has 3 nitrogen and oxygen atoms in total. The van der Waals surface area contributed by atoms with E-state index in [4.69, 9.17) is 9.84 Å². The molecule has 0 bridgehead atoms.